The van der Waals surface area contributed by atoms with Gasteiger partial charge in [-0.05, 0) is 188 Å². The van der Waals surface area contributed by atoms with E-state index in [1.165, 1.54) is 60.9 Å². The lowest BCUT2D eigenvalue weighted by molar-refractivity contribution is -0.138. The van der Waals surface area contributed by atoms with Crippen molar-refractivity contribution in [3.63, 3.8) is 0 Å². The summed E-state index contributed by atoms with van der Waals surface area (Å²) in [6.45, 7) is 4.85. The van der Waals surface area contributed by atoms with Crippen LogP contribution in [-0.2, 0) is 19.2 Å². The maximum atomic E-state index is 14.2. The number of halogens is 2. The minimum absolute atomic E-state index is 0.263. The number of carbonyl (C=O) groups is 8. The molecule has 6 atom stereocenters. The van der Waals surface area contributed by atoms with Crippen LogP contribution in [0.3, 0.4) is 0 Å². The van der Waals surface area contributed by atoms with E-state index in [1.54, 1.807) is 86.5 Å². The Morgan fingerprint density at radius 2 is 0.875 bits per heavy atom. The topological polar surface area (TPSA) is 241 Å². The molecule has 0 saturated carbocycles. The van der Waals surface area contributed by atoms with Crippen LogP contribution in [0, 0.1) is 11.6 Å². The van der Waals surface area contributed by atoms with Gasteiger partial charge in [0.05, 0.1) is 24.2 Å². The molecule has 18 nitrogen and oxygen atoms in total. The van der Waals surface area contributed by atoms with Crippen molar-refractivity contribution in [1.29, 1.82) is 0 Å². The smallest absolute Gasteiger partial charge is 0.251 e. The van der Waals surface area contributed by atoms with Gasteiger partial charge in [-0.1, -0.05) is 0 Å². The molecule has 5 aromatic rings. The molecule has 2 aromatic heterocycles. The van der Waals surface area contributed by atoms with Crippen LogP contribution in [0.25, 0.3) is 0 Å². The number of ketones is 2. The average molecular weight is 1100 g/mol. The van der Waals surface area contributed by atoms with Gasteiger partial charge in [-0.15, -0.1) is 0 Å². The maximum Gasteiger partial charge on any atom is 0.251 e. The van der Waals surface area contributed by atoms with E-state index in [4.69, 9.17) is 0 Å². The molecule has 422 valence electrons. The third-order valence-corrected chi connectivity index (χ3v) is 14.8. The van der Waals surface area contributed by atoms with Crippen LogP contribution in [0.15, 0.2) is 110 Å². The van der Waals surface area contributed by atoms with E-state index < -0.39 is 35.8 Å². The van der Waals surface area contributed by atoms with Gasteiger partial charge in [0.25, 0.3) is 11.8 Å². The zero-order chi connectivity index (χ0) is 57.3. The third kappa shape index (κ3) is 15.6. The predicted molar refractivity (Wildman–Crippen MR) is 295 cm³/mol. The van der Waals surface area contributed by atoms with Crippen LogP contribution >= 0.6 is 0 Å². The van der Waals surface area contributed by atoms with Crippen molar-refractivity contribution in [2.75, 3.05) is 40.3 Å². The zero-order valence-corrected chi connectivity index (χ0v) is 45.6. The van der Waals surface area contributed by atoms with Crippen LogP contribution in [-0.4, -0.2) is 131 Å². The molecule has 2 fully saturated rings. The number of hydrogen-bond donors (Lipinski definition) is 6. The molecular formula is C60H70F2N10O8. The van der Waals surface area contributed by atoms with Crippen molar-refractivity contribution in [1.82, 2.24) is 51.7 Å². The van der Waals surface area contributed by atoms with Crippen molar-refractivity contribution in [3.8, 4) is 0 Å². The summed E-state index contributed by atoms with van der Waals surface area (Å²) in [6, 6.07) is 16.6. The molecular weight excluding hydrogens is 1030 g/mol. The normalized spacial score (nSPS) is 16.5. The molecule has 2 saturated heterocycles. The second-order valence-electron chi connectivity index (χ2n) is 20.3. The first-order valence-corrected chi connectivity index (χ1v) is 27.3. The van der Waals surface area contributed by atoms with Crippen molar-refractivity contribution in [2.24, 2.45) is 0 Å². The fraction of sp³-hybridized carbons (Fsp3) is 0.400. The van der Waals surface area contributed by atoms with E-state index in [9.17, 15) is 47.1 Å². The number of nitrogens with zero attached hydrogens (tertiary/aromatic N) is 4. The van der Waals surface area contributed by atoms with E-state index in [-0.39, 0.29) is 72.2 Å². The van der Waals surface area contributed by atoms with Gasteiger partial charge in [0.1, 0.15) is 23.7 Å². The average Bonchev–Trinajstić information content (AvgIpc) is 4.19. The Kier molecular flexibility index (Phi) is 21.4. The molecule has 0 spiro atoms. The Labute approximate surface area is 464 Å². The summed E-state index contributed by atoms with van der Waals surface area (Å²) in [5, 5.41) is 17.4. The summed E-state index contributed by atoms with van der Waals surface area (Å²) in [4.78, 5) is 120. The Bertz CT molecular complexity index is 2800. The Morgan fingerprint density at radius 1 is 0.512 bits per heavy atom. The summed E-state index contributed by atoms with van der Waals surface area (Å²) < 4.78 is 27.1. The van der Waals surface area contributed by atoms with Gasteiger partial charge in [0.2, 0.25) is 23.6 Å². The Balaban J connectivity index is 0.870. The van der Waals surface area contributed by atoms with E-state index in [0.29, 0.717) is 122 Å². The van der Waals surface area contributed by atoms with Gasteiger partial charge < -0.3 is 41.7 Å². The van der Waals surface area contributed by atoms with E-state index in [1.807, 2.05) is 0 Å². The first-order valence-electron chi connectivity index (χ1n) is 27.3. The number of pyridine rings is 2. The zero-order valence-electron chi connectivity index (χ0n) is 45.6. The number of aromatic nitrogens is 2. The van der Waals surface area contributed by atoms with E-state index in [0.717, 1.165) is 0 Å². The number of unbranched alkanes of at least 4 members (excludes halogenated alkanes) is 2. The summed E-state index contributed by atoms with van der Waals surface area (Å²) in [6.07, 6.45) is 11.4. The predicted octanol–water partition coefficient (Wildman–Crippen LogP) is 5.93. The molecule has 2 aliphatic rings. The van der Waals surface area contributed by atoms with Gasteiger partial charge in [-0.3, -0.25) is 48.3 Å². The number of nitrogens with one attached hydrogen (secondary N) is 6. The molecule has 0 unspecified atom stereocenters. The van der Waals surface area contributed by atoms with Gasteiger partial charge in [-0.25, -0.2) is 8.78 Å². The van der Waals surface area contributed by atoms with Crippen LogP contribution in [0.2, 0.25) is 0 Å². The van der Waals surface area contributed by atoms with Gasteiger partial charge in [0.15, 0.2) is 11.6 Å². The summed E-state index contributed by atoms with van der Waals surface area (Å²) >= 11 is 0. The van der Waals surface area contributed by atoms with Crippen molar-refractivity contribution in [3.05, 3.63) is 166 Å². The molecule has 0 bridgehead atoms. The quantitative estimate of drug-likeness (QED) is 0.0279. The molecule has 3 aromatic carbocycles. The van der Waals surface area contributed by atoms with Gasteiger partial charge >= 0.3 is 0 Å². The fourth-order valence-corrected chi connectivity index (χ4v) is 9.92. The molecule has 7 rings (SSSR count). The molecule has 6 N–H and O–H groups in total. The summed E-state index contributed by atoms with van der Waals surface area (Å²) in [7, 11) is 3.30. The van der Waals surface area contributed by atoms with Crippen molar-refractivity contribution < 1.29 is 47.1 Å². The molecule has 6 amide bonds. The number of likely N-dealkylation sites (N-methyl/N-ethyl adjacent to an activating group) is 2. The van der Waals surface area contributed by atoms with E-state index >= 15 is 0 Å². The highest BCUT2D eigenvalue weighted by Gasteiger charge is 2.37. The monoisotopic (exact) mass is 1100 g/mol. The molecule has 2 aliphatic heterocycles. The maximum absolute atomic E-state index is 14.2. The number of amides is 6. The lowest BCUT2D eigenvalue weighted by atomic mass is 9.99. The Hall–Kier alpha value is -8.10. The Morgan fingerprint density at radius 3 is 1.24 bits per heavy atom. The highest BCUT2D eigenvalue weighted by molar-refractivity contribution is 6.09. The summed E-state index contributed by atoms with van der Waals surface area (Å²) in [5.41, 5.74) is 3.28. The van der Waals surface area contributed by atoms with Crippen molar-refractivity contribution >= 4 is 47.0 Å². The summed E-state index contributed by atoms with van der Waals surface area (Å²) in [5.74, 6) is -3.47. The largest absolute Gasteiger partial charge is 0.352 e. The molecule has 80 heavy (non-hydrogen) atoms. The van der Waals surface area contributed by atoms with Crippen LogP contribution < -0.4 is 31.9 Å². The number of likely N-dealkylation sites (tertiary alicyclic amines) is 2. The van der Waals surface area contributed by atoms with Gasteiger partial charge in [-0.2, -0.15) is 0 Å². The van der Waals surface area contributed by atoms with E-state index in [2.05, 4.69) is 41.9 Å². The SMILES string of the molecule is CN[C@@H](C)C(=O)N[C@@H](CCCCNC(=O)c1ccc(C(=O)NCCCC[C@H](NC(=O)[C@H](C)NC)C(=O)N2CCC[C@H]2c2cncc(C(=O)c3ccc(F)cc3)c2)cc1)C(=O)N1CCC[C@H]1c1cncc(C(=O)c2ccc(F)cc2)c1. The number of hydrogen-bond acceptors (Lipinski definition) is 12. The second kappa shape index (κ2) is 28.7. The molecule has 0 radical (unpaired) electrons. The van der Waals surface area contributed by atoms with Crippen molar-refractivity contribution in [2.45, 2.75) is 114 Å². The molecule has 20 heteroatoms. The third-order valence-electron chi connectivity index (χ3n) is 14.8. The molecule has 4 heterocycles. The number of rotatable bonds is 26. The first kappa shape index (κ1) is 59.6. The highest BCUT2D eigenvalue weighted by Crippen LogP contribution is 2.35. The van der Waals surface area contributed by atoms with Crippen LogP contribution in [0.5, 0.6) is 0 Å². The number of benzene rings is 3. The highest BCUT2D eigenvalue weighted by atomic mass is 19.1. The van der Waals surface area contributed by atoms with Gasteiger partial charge in [0, 0.05) is 84.3 Å². The molecule has 0 aliphatic carbocycles. The van der Waals surface area contributed by atoms with Crippen LogP contribution in [0.4, 0.5) is 8.78 Å². The minimum Gasteiger partial charge on any atom is -0.352 e. The standard InChI is InChI=1S/C60H70F2N10O8/c1-37(63-3)55(75)69-49(59(79)71-29-9-13-51(71)43-31-45(35-65-33-43)53(73)39-19-23-47(61)24-20-39)11-5-7-27-67-57(77)41-15-17-42(18-16-41)58(78)68-28-8-6-12-50(70-56(76)38(2)64-4)60(80)72-30-10-14-52(72)44-32-46(36-66-34-44)54(74)40-21-25-48(62)26-22-40/h15-26,31-38,49-52,63-64H,5-14,27-30H2,1-4H3,(H,67,77)(H,68,78)(H,69,75)(H,70,76)/t37-,38-,49-,50-,51-,52-/m0/s1. The lowest BCUT2D eigenvalue weighted by Gasteiger charge is -2.30. The first-order chi connectivity index (χ1) is 38.6. The number of carbonyl (C=O) groups excluding carboxylic acids is 8. The fourth-order valence-electron chi connectivity index (χ4n) is 9.92. The van der Waals surface area contributed by atoms with Crippen LogP contribution in [0.1, 0.15) is 154 Å². The lowest BCUT2D eigenvalue weighted by Crippen LogP contribution is -2.52. The second-order valence-corrected chi connectivity index (χ2v) is 20.3. The minimum atomic E-state index is -0.856.